The number of thiazole rings is 1. The van der Waals surface area contributed by atoms with Crippen LogP contribution in [0.4, 0.5) is 0 Å². The van der Waals surface area contributed by atoms with E-state index in [9.17, 15) is 0 Å². The summed E-state index contributed by atoms with van der Waals surface area (Å²) in [4.78, 5) is 12.2. The van der Waals surface area contributed by atoms with Gasteiger partial charge >= 0.3 is 0 Å². The summed E-state index contributed by atoms with van der Waals surface area (Å²) in [6.07, 6.45) is 8.89. The molecule has 1 saturated heterocycles. The molecule has 0 bridgehead atoms. The standard InChI is InChI=1S/C24H43N5OS.HI/c1-4-25-23(27-19-24(10-6-7-11-24)12-15-30-5-2)26-16-21-8-13-29(14-9-21)17-22-18-31-20(3)28-22;/h18,21H,4-17,19H2,1-3H3,(H2,25,26,27);1H. The number of ether oxygens (including phenoxy) is 1. The third-order valence-corrected chi connectivity index (χ3v) is 7.70. The van der Waals surface area contributed by atoms with Gasteiger partial charge in [-0.1, -0.05) is 12.8 Å². The summed E-state index contributed by atoms with van der Waals surface area (Å²) in [5, 5.41) is 10.5. The highest BCUT2D eigenvalue weighted by Gasteiger charge is 2.33. The second kappa shape index (κ2) is 14.7. The Morgan fingerprint density at radius 2 is 2.00 bits per heavy atom. The average molecular weight is 578 g/mol. The molecule has 2 heterocycles. The number of hydrogen-bond acceptors (Lipinski definition) is 5. The molecule has 0 aromatic carbocycles. The fourth-order valence-electron chi connectivity index (χ4n) is 4.93. The molecule has 0 atom stereocenters. The zero-order chi connectivity index (χ0) is 21.9. The van der Waals surface area contributed by atoms with Crippen LogP contribution < -0.4 is 10.6 Å². The molecule has 0 radical (unpaired) electrons. The number of halogens is 1. The number of aromatic nitrogens is 1. The van der Waals surface area contributed by atoms with E-state index in [1.807, 2.05) is 0 Å². The van der Waals surface area contributed by atoms with Crippen LogP contribution in [0.3, 0.4) is 0 Å². The van der Waals surface area contributed by atoms with Gasteiger partial charge in [0.25, 0.3) is 0 Å². The van der Waals surface area contributed by atoms with Gasteiger partial charge in [0.15, 0.2) is 5.96 Å². The molecule has 0 unspecified atom stereocenters. The fraction of sp³-hybridized carbons (Fsp3) is 0.833. The van der Waals surface area contributed by atoms with Crippen molar-refractivity contribution < 1.29 is 4.74 Å². The molecule has 1 aliphatic carbocycles. The van der Waals surface area contributed by atoms with Crippen molar-refractivity contribution in [3.63, 3.8) is 0 Å². The summed E-state index contributed by atoms with van der Waals surface area (Å²) in [6.45, 7) is 14.2. The molecule has 2 fully saturated rings. The van der Waals surface area contributed by atoms with Crippen molar-refractivity contribution in [1.29, 1.82) is 0 Å². The third kappa shape index (κ3) is 9.06. The number of hydrogen-bond donors (Lipinski definition) is 2. The number of rotatable bonds is 11. The molecule has 32 heavy (non-hydrogen) atoms. The highest BCUT2D eigenvalue weighted by molar-refractivity contribution is 14.0. The smallest absolute Gasteiger partial charge is 0.191 e. The molecule has 1 aliphatic heterocycles. The first-order valence-corrected chi connectivity index (χ1v) is 13.2. The lowest BCUT2D eigenvalue weighted by Crippen LogP contribution is -2.43. The van der Waals surface area contributed by atoms with Crippen molar-refractivity contribution in [2.45, 2.75) is 72.3 Å². The number of likely N-dealkylation sites (tertiary alicyclic amines) is 1. The van der Waals surface area contributed by atoms with Crippen molar-refractivity contribution >= 4 is 41.3 Å². The van der Waals surface area contributed by atoms with Crippen molar-refractivity contribution in [2.24, 2.45) is 16.3 Å². The highest BCUT2D eigenvalue weighted by atomic mass is 127. The van der Waals surface area contributed by atoms with E-state index in [0.29, 0.717) is 5.41 Å². The maximum atomic E-state index is 5.66. The number of aryl methyl sites for hydroxylation is 1. The van der Waals surface area contributed by atoms with E-state index in [4.69, 9.17) is 9.73 Å². The Hall–Kier alpha value is -0.450. The topological polar surface area (TPSA) is 61.8 Å². The first kappa shape index (κ1) is 27.8. The van der Waals surface area contributed by atoms with Crippen LogP contribution in [0.25, 0.3) is 0 Å². The predicted molar refractivity (Wildman–Crippen MR) is 146 cm³/mol. The minimum absolute atomic E-state index is 0. The number of nitrogens with one attached hydrogen (secondary N) is 2. The number of nitrogens with zero attached hydrogens (tertiary/aromatic N) is 3. The van der Waals surface area contributed by atoms with Crippen LogP contribution in [0.15, 0.2) is 10.4 Å². The van der Waals surface area contributed by atoms with E-state index in [0.717, 1.165) is 70.8 Å². The summed E-state index contributed by atoms with van der Waals surface area (Å²) < 4.78 is 5.66. The Kier molecular flexibility index (Phi) is 12.8. The lowest BCUT2D eigenvalue weighted by Gasteiger charge is -2.32. The van der Waals surface area contributed by atoms with E-state index in [-0.39, 0.29) is 24.0 Å². The molecular formula is C24H44IN5OS. The Balaban J connectivity index is 0.00000363. The van der Waals surface area contributed by atoms with Crippen molar-refractivity contribution in [3.05, 3.63) is 16.1 Å². The number of guanidine groups is 1. The summed E-state index contributed by atoms with van der Waals surface area (Å²) in [5.41, 5.74) is 1.57. The molecule has 0 spiro atoms. The summed E-state index contributed by atoms with van der Waals surface area (Å²) in [7, 11) is 0. The third-order valence-electron chi connectivity index (χ3n) is 6.88. The predicted octanol–water partition coefficient (Wildman–Crippen LogP) is 4.82. The second-order valence-corrected chi connectivity index (χ2v) is 10.4. The normalized spacial score (nSPS) is 19.7. The van der Waals surface area contributed by atoms with Gasteiger partial charge in [0.05, 0.1) is 10.7 Å². The van der Waals surface area contributed by atoms with E-state index in [1.54, 1.807) is 11.3 Å². The lowest BCUT2D eigenvalue weighted by atomic mass is 9.83. The molecular weight excluding hydrogens is 533 g/mol. The van der Waals surface area contributed by atoms with E-state index < -0.39 is 0 Å². The van der Waals surface area contributed by atoms with Crippen LogP contribution in [0.5, 0.6) is 0 Å². The molecule has 1 aromatic heterocycles. The molecule has 8 heteroatoms. The molecule has 6 nitrogen and oxygen atoms in total. The summed E-state index contributed by atoms with van der Waals surface area (Å²) in [6, 6.07) is 0. The van der Waals surface area contributed by atoms with Gasteiger partial charge < -0.3 is 15.4 Å². The van der Waals surface area contributed by atoms with Crippen LogP contribution in [0.1, 0.15) is 69.5 Å². The first-order valence-electron chi connectivity index (χ1n) is 12.4. The van der Waals surface area contributed by atoms with Crippen LogP contribution in [-0.2, 0) is 11.3 Å². The van der Waals surface area contributed by atoms with Gasteiger partial charge in [0, 0.05) is 44.8 Å². The Morgan fingerprint density at radius 1 is 1.25 bits per heavy atom. The van der Waals surface area contributed by atoms with E-state index in [1.165, 1.54) is 49.2 Å². The van der Waals surface area contributed by atoms with Gasteiger partial charge in [-0.15, -0.1) is 35.3 Å². The quantitative estimate of drug-likeness (QED) is 0.171. The Morgan fingerprint density at radius 3 is 2.62 bits per heavy atom. The van der Waals surface area contributed by atoms with Gasteiger partial charge in [-0.25, -0.2) is 4.98 Å². The van der Waals surface area contributed by atoms with Crippen molar-refractivity contribution in [3.8, 4) is 0 Å². The zero-order valence-corrected chi connectivity index (χ0v) is 23.5. The van der Waals surface area contributed by atoms with Gasteiger partial charge in [-0.3, -0.25) is 9.89 Å². The number of aliphatic imine (C=N–C) groups is 1. The Labute approximate surface area is 216 Å². The van der Waals surface area contributed by atoms with Crippen molar-refractivity contribution in [1.82, 2.24) is 20.5 Å². The van der Waals surface area contributed by atoms with Gasteiger partial charge in [-0.2, -0.15) is 0 Å². The maximum Gasteiger partial charge on any atom is 0.191 e. The van der Waals surface area contributed by atoms with E-state index >= 15 is 0 Å². The average Bonchev–Trinajstić information content (AvgIpc) is 3.41. The first-order chi connectivity index (χ1) is 15.1. The van der Waals surface area contributed by atoms with Crippen LogP contribution in [0.2, 0.25) is 0 Å². The number of piperidine rings is 1. The van der Waals surface area contributed by atoms with Crippen molar-refractivity contribution in [2.75, 3.05) is 45.9 Å². The molecule has 1 aromatic rings. The van der Waals surface area contributed by atoms with Crippen LogP contribution in [-0.4, -0.2) is 61.8 Å². The SMILES string of the molecule is CCNC(=NCC1(CCOCC)CCCC1)NCC1CCN(Cc2csc(C)n2)CC1.I. The summed E-state index contributed by atoms with van der Waals surface area (Å²) >= 11 is 1.75. The van der Waals surface area contributed by atoms with Gasteiger partial charge in [0.2, 0.25) is 0 Å². The molecule has 1 saturated carbocycles. The van der Waals surface area contributed by atoms with Gasteiger partial charge in [-0.05, 0) is 77.3 Å². The zero-order valence-electron chi connectivity index (χ0n) is 20.3. The summed E-state index contributed by atoms with van der Waals surface area (Å²) in [5.74, 6) is 1.71. The second-order valence-electron chi connectivity index (χ2n) is 9.31. The monoisotopic (exact) mass is 577 g/mol. The molecule has 2 N–H and O–H groups in total. The fourth-order valence-corrected chi connectivity index (χ4v) is 5.54. The molecule has 0 amide bonds. The maximum absolute atomic E-state index is 5.66. The molecule has 3 rings (SSSR count). The molecule has 184 valence electrons. The lowest BCUT2D eigenvalue weighted by molar-refractivity contribution is 0.107. The van der Waals surface area contributed by atoms with Crippen LogP contribution >= 0.6 is 35.3 Å². The highest BCUT2D eigenvalue weighted by Crippen LogP contribution is 2.41. The molecule has 2 aliphatic rings. The minimum Gasteiger partial charge on any atom is -0.382 e. The van der Waals surface area contributed by atoms with Gasteiger partial charge in [0.1, 0.15) is 0 Å². The van der Waals surface area contributed by atoms with Crippen LogP contribution in [0, 0.1) is 18.3 Å². The minimum atomic E-state index is 0. The largest absolute Gasteiger partial charge is 0.382 e. The van der Waals surface area contributed by atoms with E-state index in [2.05, 4.69) is 46.7 Å². The Bertz CT molecular complexity index is 669.